The molecular weight excluding hydrogens is 322 g/mol. The molecule has 0 radical (unpaired) electrons. The average molecular weight is 341 g/mol. The Labute approximate surface area is 144 Å². The zero-order chi connectivity index (χ0) is 17.1. The highest BCUT2D eigenvalue weighted by Crippen LogP contribution is 2.21. The number of nitrogens with one attached hydrogen (secondary N) is 2. The molecular formula is C18H19N3O2S. The number of benzene rings is 1. The molecule has 2 N–H and O–H groups in total. The largest absolute Gasteiger partial charge is 0.347 e. The van der Waals surface area contributed by atoms with Crippen LogP contribution < -0.4 is 5.32 Å². The number of fused-ring (bicyclic) bond motifs is 1. The van der Waals surface area contributed by atoms with Crippen LogP contribution in [-0.2, 0) is 11.2 Å². The molecule has 2 amide bonds. The first-order valence-corrected chi connectivity index (χ1v) is 8.54. The summed E-state index contributed by atoms with van der Waals surface area (Å²) in [6.45, 7) is 0. The summed E-state index contributed by atoms with van der Waals surface area (Å²) in [5.41, 5.74) is 1.48. The minimum atomic E-state index is -0.601. The molecule has 0 aliphatic carbocycles. The average Bonchev–Trinajstić information content (AvgIpc) is 3.16. The number of rotatable bonds is 5. The van der Waals surface area contributed by atoms with E-state index in [-0.39, 0.29) is 11.8 Å². The Morgan fingerprint density at radius 3 is 2.62 bits per heavy atom. The molecule has 2 heterocycles. The maximum atomic E-state index is 12.5. The third kappa shape index (κ3) is 3.49. The summed E-state index contributed by atoms with van der Waals surface area (Å²) in [6.07, 6.45) is 0.457. The van der Waals surface area contributed by atoms with Gasteiger partial charge in [-0.05, 0) is 23.1 Å². The molecule has 0 spiro atoms. The predicted molar refractivity (Wildman–Crippen MR) is 96.3 cm³/mol. The van der Waals surface area contributed by atoms with Gasteiger partial charge in [0.2, 0.25) is 5.91 Å². The quantitative estimate of drug-likeness (QED) is 0.749. The van der Waals surface area contributed by atoms with E-state index in [1.807, 2.05) is 41.8 Å². The Bertz CT molecular complexity index is 823. The van der Waals surface area contributed by atoms with Crippen molar-refractivity contribution in [3.8, 4) is 0 Å². The van der Waals surface area contributed by atoms with Crippen LogP contribution in [0.2, 0.25) is 0 Å². The number of hydrogen-bond donors (Lipinski definition) is 2. The van der Waals surface area contributed by atoms with E-state index in [2.05, 4.69) is 10.3 Å². The van der Waals surface area contributed by atoms with Gasteiger partial charge in [0.25, 0.3) is 5.91 Å². The SMILES string of the molecule is CN(C)C(=O)[C@H](Cc1ccccc1)NC(=O)c1cc2ccsc2[nH]1. The fourth-order valence-electron chi connectivity index (χ4n) is 2.57. The van der Waals surface area contributed by atoms with E-state index in [4.69, 9.17) is 0 Å². The van der Waals surface area contributed by atoms with Crippen LogP contribution in [0.5, 0.6) is 0 Å². The second-order valence-electron chi connectivity index (χ2n) is 5.84. The van der Waals surface area contributed by atoms with Crippen molar-refractivity contribution in [1.29, 1.82) is 0 Å². The molecule has 0 fully saturated rings. The van der Waals surface area contributed by atoms with Crippen molar-refractivity contribution >= 4 is 33.4 Å². The van der Waals surface area contributed by atoms with Crippen LogP contribution >= 0.6 is 11.3 Å². The van der Waals surface area contributed by atoms with Gasteiger partial charge in [0.1, 0.15) is 16.6 Å². The Balaban J connectivity index is 1.78. The number of carbonyl (C=O) groups is 2. The summed E-state index contributed by atoms with van der Waals surface area (Å²) in [5.74, 6) is -0.393. The van der Waals surface area contributed by atoms with Crippen molar-refractivity contribution in [2.24, 2.45) is 0 Å². The van der Waals surface area contributed by atoms with Gasteiger partial charge >= 0.3 is 0 Å². The van der Waals surface area contributed by atoms with Crippen LogP contribution in [0, 0.1) is 0 Å². The molecule has 5 nitrogen and oxygen atoms in total. The Hall–Kier alpha value is -2.60. The van der Waals surface area contributed by atoms with Gasteiger partial charge in [-0.2, -0.15) is 0 Å². The molecule has 0 saturated carbocycles. The summed E-state index contributed by atoms with van der Waals surface area (Å²) >= 11 is 1.55. The molecule has 1 aromatic carbocycles. The first kappa shape index (κ1) is 16.3. The highest BCUT2D eigenvalue weighted by atomic mass is 32.1. The second-order valence-corrected chi connectivity index (χ2v) is 6.75. The molecule has 6 heteroatoms. The van der Waals surface area contributed by atoms with Crippen molar-refractivity contribution in [3.63, 3.8) is 0 Å². The predicted octanol–water partition coefficient (Wildman–Crippen LogP) is 2.66. The van der Waals surface area contributed by atoms with E-state index >= 15 is 0 Å². The summed E-state index contributed by atoms with van der Waals surface area (Å²) < 4.78 is 0. The number of aromatic amines is 1. The Morgan fingerprint density at radius 1 is 1.21 bits per heavy atom. The fraction of sp³-hybridized carbons (Fsp3) is 0.222. The van der Waals surface area contributed by atoms with Crippen LogP contribution in [0.25, 0.3) is 10.2 Å². The molecule has 0 aliphatic heterocycles. The van der Waals surface area contributed by atoms with Gasteiger partial charge in [-0.25, -0.2) is 0 Å². The molecule has 24 heavy (non-hydrogen) atoms. The molecule has 3 rings (SSSR count). The van der Waals surface area contributed by atoms with E-state index in [1.165, 1.54) is 4.90 Å². The zero-order valence-corrected chi connectivity index (χ0v) is 14.4. The van der Waals surface area contributed by atoms with Crippen LogP contribution in [0.4, 0.5) is 0 Å². The monoisotopic (exact) mass is 341 g/mol. The first-order chi connectivity index (χ1) is 11.5. The van der Waals surface area contributed by atoms with Crippen molar-refractivity contribution < 1.29 is 9.59 Å². The summed E-state index contributed by atoms with van der Waals surface area (Å²) in [7, 11) is 3.38. The standard InChI is InChI=1S/C18H19N3O2S/c1-21(2)18(23)15(10-12-6-4-3-5-7-12)19-16(22)14-11-13-8-9-24-17(13)20-14/h3-9,11,15,20H,10H2,1-2H3,(H,19,22)/t15-/m0/s1. The number of nitrogens with zero attached hydrogens (tertiary/aromatic N) is 1. The summed E-state index contributed by atoms with van der Waals surface area (Å²) in [4.78, 5) is 30.5. The number of hydrogen-bond acceptors (Lipinski definition) is 3. The van der Waals surface area contributed by atoms with E-state index in [1.54, 1.807) is 31.5 Å². The van der Waals surface area contributed by atoms with Crippen LogP contribution in [0.3, 0.4) is 0 Å². The number of carbonyl (C=O) groups excluding carboxylic acids is 2. The van der Waals surface area contributed by atoms with Gasteiger partial charge in [0.05, 0.1) is 0 Å². The summed E-state index contributed by atoms with van der Waals surface area (Å²) in [6, 6.07) is 12.8. The summed E-state index contributed by atoms with van der Waals surface area (Å²) in [5, 5.41) is 5.83. The molecule has 3 aromatic rings. The van der Waals surface area contributed by atoms with Crippen molar-refractivity contribution in [2.45, 2.75) is 12.5 Å². The minimum absolute atomic E-state index is 0.124. The third-order valence-electron chi connectivity index (χ3n) is 3.82. The van der Waals surface area contributed by atoms with E-state index in [0.717, 1.165) is 15.8 Å². The van der Waals surface area contributed by atoms with Gasteiger partial charge in [0.15, 0.2) is 0 Å². The molecule has 0 aliphatic rings. The lowest BCUT2D eigenvalue weighted by molar-refractivity contribution is -0.130. The lowest BCUT2D eigenvalue weighted by Gasteiger charge is -2.21. The normalized spacial score (nSPS) is 12.1. The Morgan fingerprint density at radius 2 is 1.96 bits per heavy atom. The topological polar surface area (TPSA) is 65.2 Å². The van der Waals surface area contributed by atoms with E-state index in [0.29, 0.717) is 12.1 Å². The number of likely N-dealkylation sites (N-methyl/N-ethyl adjacent to an activating group) is 1. The minimum Gasteiger partial charge on any atom is -0.347 e. The smallest absolute Gasteiger partial charge is 0.268 e. The van der Waals surface area contributed by atoms with E-state index < -0.39 is 6.04 Å². The van der Waals surface area contributed by atoms with Gasteiger partial charge in [-0.15, -0.1) is 11.3 Å². The molecule has 0 saturated heterocycles. The highest BCUT2D eigenvalue weighted by molar-refractivity contribution is 7.16. The maximum Gasteiger partial charge on any atom is 0.268 e. The van der Waals surface area contributed by atoms with Gasteiger partial charge < -0.3 is 15.2 Å². The lowest BCUT2D eigenvalue weighted by atomic mass is 10.0. The van der Waals surface area contributed by atoms with Gasteiger partial charge in [0, 0.05) is 25.9 Å². The van der Waals surface area contributed by atoms with E-state index in [9.17, 15) is 9.59 Å². The number of amides is 2. The molecule has 0 bridgehead atoms. The maximum absolute atomic E-state index is 12.5. The molecule has 124 valence electrons. The van der Waals surface area contributed by atoms with Crippen molar-refractivity contribution in [1.82, 2.24) is 15.2 Å². The van der Waals surface area contributed by atoms with Gasteiger partial charge in [-0.3, -0.25) is 9.59 Å². The highest BCUT2D eigenvalue weighted by Gasteiger charge is 2.24. The first-order valence-electron chi connectivity index (χ1n) is 7.67. The lowest BCUT2D eigenvalue weighted by Crippen LogP contribution is -2.47. The van der Waals surface area contributed by atoms with Crippen molar-refractivity contribution in [2.75, 3.05) is 14.1 Å². The third-order valence-corrected chi connectivity index (χ3v) is 4.66. The van der Waals surface area contributed by atoms with Crippen LogP contribution in [0.15, 0.2) is 47.8 Å². The Kier molecular flexibility index (Phi) is 4.66. The number of aromatic nitrogens is 1. The van der Waals surface area contributed by atoms with Crippen LogP contribution in [-0.4, -0.2) is 41.8 Å². The van der Waals surface area contributed by atoms with Crippen LogP contribution in [0.1, 0.15) is 16.1 Å². The van der Waals surface area contributed by atoms with Gasteiger partial charge in [-0.1, -0.05) is 30.3 Å². The second kappa shape index (κ2) is 6.88. The molecule has 0 unspecified atom stereocenters. The number of thiophene rings is 1. The fourth-order valence-corrected chi connectivity index (χ4v) is 3.35. The zero-order valence-electron chi connectivity index (χ0n) is 13.6. The molecule has 2 aromatic heterocycles. The number of H-pyrrole nitrogens is 1. The molecule has 1 atom stereocenters. The van der Waals surface area contributed by atoms with Crippen molar-refractivity contribution in [3.05, 3.63) is 59.1 Å².